The minimum atomic E-state index is 0. The summed E-state index contributed by atoms with van der Waals surface area (Å²) in [6.45, 7) is 2.05. The summed E-state index contributed by atoms with van der Waals surface area (Å²) < 4.78 is 0. The summed E-state index contributed by atoms with van der Waals surface area (Å²) in [4.78, 5) is 0. The van der Waals surface area contributed by atoms with Gasteiger partial charge in [0.2, 0.25) is 0 Å². The number of aryl methyl sites for hydroxylation is 1. The van der Waals surface area contributed by atoms with Gasteiger partial charge in [0.05, 0.1) is 0 Å². The molecule has 0 spiro atoms. The molecule has 1 aromatic rings. The third-order valence-corrected chi connectivity index (χ3v) is 0.863. The Labute approximate surface area is 78.2 Å². The van der Waals surface area contributed by atoms with Crippen LogP contribution in [0.25, 0.3) is 0 Å². The first kappa shape index (κ1) is 12.0. The van der Waals surface area contributed by atoms with E-state index in [4.69, 9.17) is 0 Å². The molecule has 0 fully saturated rings. The van der Waals surface area contributed by atoms with Gasteiger partial charge < -0.3 is 12.4 Å². The average molecular weight is 151 g/mol. The van der Waals surface area contributed by atoms with E-state index in [1.54, 1.807) is 0 Å². The molecule has 0 nitrogen and oxygen atoms in total. The molecule has 44 valence electrons. The zero-order chi connectivity index (χ0) is 5.11. The third kappa shape index (κ3) is 4.76. The van der Waals surface area contributed by atoms with Gasteiger partial charge in [-0.05, 0) is 0 Å². The molecule has 0 saturated heterocycles. The molecule has 0 aliphatic rings. The molecule has 1 rings (SSSR count). The maximum Gasteiger partial charge on any atom is 2.00 e. The van der Waals surface area contributed by atoms with E-state index in [9.17, 15) is 0 Å². The van der Waals surface area contributed by atoms with Crippen molar-refractivity contribution in [1.29, 1.82) is 0 Å². The molecular formula is C7H7ClMg. The summed E-state index contributed by atoms with van der Waals surface area (Å²) in [5.41, 5.74) is 1.27. The zero-order valence-corrected chi connectivity index (χ0v) is 7.56. The minimum Gasteiger partial charge on any atom is -1.00 e. The first-order valence-corrected chi connectivity index (χ1v) is 2.32. The molecule has 0 heterocycles. The van der Waals surface area contributed by atoms with Crippen LogP contribution in [0.3, 0.4) is 0 Å². The maximum atomic E-state index is 2.96. The monoisotopic (exact) mass is 150 g/mol. The van der Waals surface area contributed by atoms with Gasteiger partial charge >= 0.3 is 23.1 Å². The van der Waals surface area contributed by atoms with Crippen LogP contribution in [-0.2, 0) is 0 Å². The summed E-state index contributed by atoms with van der Waals surface area (Å²) in [5.74, 6) is 0. The third-order valence-electron chi connectivity index (χ3n) is 0.863. The predicted octanol–water partition coefficient (Wildman–Crippen LogP) is -1.58. The summed E-state index contributed by atoms with van der Waals surface area (Å²) in [7, 11) is 0. The Hall–Kier alpha value is 0.276. The molecule has 1 aromatic carbocycles. The molecule has 9 heavy (non-hydrogen) atoms. The Bertz CT molecular complexity index is 139. The van der Waals surface area contributed by atoms with Crippen molar-refractivity contribution < 1.29 is 12.4 Å². The molecule has 0 atom stereocenters. The van der Waals surface area contributed by atoms with E-state index in [0.29, 0.717) is 0 Å². The molecule has 0 amide bonds. The number of hydrogen-bond donors (Lipinski definition) is 0. The van der Waals surface area contributed by atoms with Crippen LogP contribution in [0.4, 0.5) is 0 Å². The Kier molecular flexibility index (Phi) is 8.53. The largest absolute Gasteiger partial charge is 2.00 e. The van der Waals surface area contributed by atoms with Gasteiger partial charge in [-0.3, -0.25) is 0 Å². The molecular weight excluding hydrogens is 144 g/mol. The second kappa shape index (κ2) is 6.40. The van der Waals surface area contributed by atoms with Gasteiger partial charge in [0, 0.05) is 0 Å². The van der Waals surface area contributed by atoms with Crippen LogP contribution >= 0.6 is 0 Å². The van der Waals surface area contributed by atoms with E-state index < -0.39 is 0 Å². The number of halogens is 1. The SMILES string of the molecule is Cc1c[c-]ccc1.[Cl-].[Mg+2]. The summed E-state index contributed by atoms with van der Waals surface area (Å²) in [5, 5.41) is 0. The van der Waals surface area contributed by atoms with Crippen LogP contribution in [0.1, 0.15) is 5.56 Å². The quantitative estimate of drug-likeness (QED) is 0.310. The second-order valence-electron chi connectivity index (χ2n) is 1.58. The van der Waals surface area contributed by atoms with Crippen LogP contribution in [0, 0.1) is 13.0 Å². The van der Waals surface area contributed by atoms with Crippen LogP contribution in [-0.4, -0.2) is 23.1 Å². The van der Waals surface area contributed by atoms with Crippen molar-refractivity contribution in [2.75, 3.05) is 0 Å². The fraction of sp³-hybridized carbons (Fsp3) is 0.143. The Morgan fingerprint density at radius 3 is 2.33 bits per heavy atom. The van der Waals surface area contributed by atoms with E-state index in [1.165, 1.54) is 5.56 Å². The Balaban J connectivity index is 0. The second-order valence-corrected chi connectivity index (χ2v) is 1.58. The Morgan fingerprint density at radius 1 is 1.44 bits per heavy atom. The standard InChI is InChI=1S/C7H7.ClH.Mg/c1-7-5-3-2-4-6-7;;/h2-3,5-6H,1H3;1H;/q-1;;+2/p-1. The first-order chi connectivity index (χ1) is 3.39. The molecule has 0 N–H and O–H groups in total. The van der Waals surface area contributed by atoms with E-state index >= 15 is 0 Å². The zero-order valence-electron chi connectivity index (χ0n) is 5.39. The average Bonchev–Trinajstić information content (AvgIpc) is 1.69. The van der Waals surface area contributed by atoms with Crippen molar-refractivity contribution >= 4 is 23.1 Å². The maximum absolute atomic E-state index is 2.96. The van der Waals surface area contributed by atoms with E-state index in [0.717, 1.165) is 0 Å². The molecule has 0 unspecified atom stereocenters. The van der Waals surface area contributed by atoms with E-state index in [-0.39, 0.29) is 35.5 Å². The van der Waals surface area contributed by atoms with Crippen LogP contribution in [0.15, 0.2) is 24.3 Å². The van der Waals surface area contributed by atoms with E-state index in [1.807, 2.05) is 18.2 Å². The van der Waals surface area contributed by atoms with Gasteiger partial charge in [-0.25, -0.2) is 0 Å². The normalized spacial score (nSPS) is 6.78. The van der Waals surface area contributed by atoms with Gasteiger partial charge in [-0.15, -0.1) is 0 Å². The van der Waals surface area contributed by atoms with Gasteiger partial charge in [-0.1, -0.05) is 6.92 Å². The Morgan fingerprint density at radius 2 is 2.11 bits per heavy atom. The number of benzene rings is 1. The van der Waals surface area contributed by atoms with Crippen LogP contribution in [0.2, 0.25) is 0 Å². The molecule has 2 heteroatoms. The molecule has 0 aromatic heterocycles. The van der Waals surface area contributed by atoms with Gasteiger partial charge in [0.25, 0.3) is 0 Å². The van der Waals surface area contributed by atoms with Crippen molar-refractivity contribution in [2.45, 2.75) is 6.92 Å². The molecule has 0 saturated carbocycles. The predicted molar refractivity (Wildman–Crippen MR) is 35.8 cm³/mol. The smallest absolute Gasteiger partial charge is 1.00 e. The summed E-state index contributed by atoms with van der Waals surface area (Å²) >= 11 is 0. The summed E-state index contributed by atoms with van der Waals surface area (Å²) in [6, 6.07) is 10.8. The van der Waals surface area contributed by atoms with Crippen LogP contribution < -0.4 is 12.4 Å². The topological polar surface area (TPSA) is 0 Å². The van der Waals surface area contributed by atoms with Crippen molar-refractivity contribution in [3.05, 3.63) is 35.9 Å². The fourth-order valence-electron chi connectivity index (χ4n) is 0.483. The van der Waals surface area contributed by atoms with E-state index in [2.05, 4.69) is 19.1 Å². The molecule has 0 aliphatic carbocycles. The summed E-state index contributed by atoms with van der Waals surface area (Å²) in [6.07, 6.45) is 0. The van der Waals surface area contributed by atoms with Gasteiger partial charge in [-0.2, -0.15) is 35.9 Å². The van der Waals surface area contributed by atoms with Crippen molar-refractivity contribution in [3.8, 4) is 0 Å². The number of hydrogen-bond acceptors (Lipinski definition) is 0. The van der Waals surface area contributed by atoms with Gasteiger partial charge in [0.1, 0.15) is 0 Å². The first-order valence-electron chi connectivity index (χ1n) is 2.32. The minimum absolute atomic E-state index is 0. The van der Waals surface area contributed by atoms with Crippen molar-refractivity contribution in [2.24, 2.45) is 0 Å². The number of rotatable bonds is 0. The molecule has 0 bridgehead atoms. The van der Waals surface area contributed by atoms with Crippen molar-refractivity contribution in [1.82, 2.24) is 0 Å². The molecule has 0 radical (unpaired) electrons. The fourth-order valence-corrected chi connectivity index (χ4v) is 0.483. The van der Waals surface area contributed by atoms with Crippen LogP contribution in [0.5, 0.6) is 0 Å². The van der Waals surface area contributed by atoms with Gasteiger partial charge in [0.15, 0.2) is 0 Å². The molecule has 0 aliphatic heterocycles. The van der Waals surface area contributed by atoms with Crippen molar-refractivity contribution in [3.63, 3.8) is 0 Å².